The number of amides is 1. The van der Waals surface area contributed by atoms with E-state index in [2.05, 4.69) is 26.9 Å². The van der Waals surface area contributed by atoms with Gasteiger partial charge in [0.25, 0.3) is 5.91 Å². The van der Waals surface area contributed by atoms with Crippen LogP contribution in [0.15, 0.2) is 77.3 Å². The second-order valence-electron chi connectivity index (χ2n) is 7.58. The summed E-state index contributed by atoms with van der Waals surface area (Å²) in [6.45, 7) is 4.31. The van der Waals surface area contributed by atoms with E-state index in [0.717, 1.165) is 46.0 Å². The van der Waals surface area contributed by atoms with E-state index < -0.39 is 0 Å². The van der Waals surface area contributed by atoms with Gasteiger partial charge in [0.2, 0.25) is 0 Å². The Morgan fingerprint density at radius 1 is 0.935 bits per heavy atom. The summed E-state index contributed by atoms with van der Waals surface area (Å²) in [4.78, 5) is 17.3. The monoisotopic (exact) mass is 498 g/mol. The van der Waals surface area contributed by atoms with E-state index in [-0.39, 0.29) is 5.91 Å². The molecule has 1 fully saturated rings. The molecule has 1 saturated heterocycles. The SMILES string of the molecule is O=C(c1cccc(COc2ccccc2Br)c1)N1CCN(Cc2ccccc2Cl)CC1. The van der Waals surface area contributed by atoms with Gasteiger partial charge < -0.3 is 9.64 Å². The van der Waals surface area contributed by atoms with Crippen molar-refractivity contribution < 1.29 is 9.53 Å². The highest BCUT2D eigenvalue weighted by atomic mass is 79.9. The van der Waals surface area contributed by atoms with E-state index in [1.807, 2.05) is 71.6 Å². The Labute approximate surface area is 196 Å². The van der Waals surface area contributed by atoms with Crippen LogP contribution >= 0.6 is 27.5 Å². The summed E-state index contributed by atoms with van der Waals surface area (Å²) < 4.78 is 6.81. The molecule has 4 nitrogen and oxygen atoms in total. The Morgan fingerprint density at radius 2 is 1.68 bits per heavy atom. The minimum atomic E-state index is 0.0696. The van der Waals surface area contributed by atoms with Crippen LogP contribution in [0, 0.1) is 0 Å². The van der Waals surface area contributed by atoms with Crippen molar-refractivity contribution >= 4 is 33.4 Å². The van der Waals surface area contributed by atoms with E-state index in [9.17, 15) is 4.79 Å². The first-order chi connectivity index (χ1) is 15.1. The summed E-state index contributed by atoms with van der Waals surface area (Å²) in [5.41, 5.74) is 2.80. The first kappa shape index (κ1) is 21.9. The summed E-state index contributed by atoms with van der Waals surface area (Å²) >= 11 is 9.78. The molecule has 3 aromatic rings. The second kappa shape index (κ2) is 10.3. The highest BCUT2D eigenvalue weighted by molar-refractivity contribution is 9.10. The maximum absolute atomic E-state index is 13.0. The topological polar surface area (TPSA) is 32.8 Å². The largest absolute Gasteiger partial charge is 0.488 e. The lowest BCUT2D eigenvalue weighted by Crippen LogP contribution is -2.48. The van der Waals surface area contributed by atoms with E-state index in [1.54, 1.807) is 0 Å². The number of hydrogen-bond donors (Lipinski definition) is 0. The fourth-order valence-electron chi connectivity index (χ4n) is 3.68. The van der Waals surface area contributed by atoms with Crippen LogP contribution in [0.5, 0.6) is 5.75 Å². The fourth-order valence-corrected chi connectivity index (χ4v) is 4.27. The average Bonchev–Trinajstić information content (AvgIpc) is 2.80. The maximum atomic E-state index is 13.0. The highest BCUT2D eigenvalue weighted by Crippen LogP contribution is 2.25. The molecule has 0 bridgehead atoms. The Balaban J connectivity index is 1.33. The van der Waals surface area contributed by atoms with Gasteiger partial charge in [0.1, 0.15) is 12.4 Å². The maximum Gasteiger partial charge on any atom is 0.253 e. The van der Waals surface area contributed by atoms with Crippen LogP contribution in [0.4, 0.5) is 0 Å². The molecule has 0 saturated carbocycles. The lowest BCUT2D eigenvalue weighted by atomic mass is 10.1. The number of halogens is 2. The summed E-state index contributed by atoms with van der Waals surface area (Å²) in [7, 11) is 0. The van der Waals surface area contributed by atoms with Crippen molar-refractivity contribution in [3.8, 4) is 5.75 Å². The Bertz CT molecular complexity index is 1050. The van der Waals surface area contributed by atoms with Gasteiger partial charge in [-0.2, -0.15) is 0 Å². The van der Waals surface area contributed by atoms with Crippen molar-refractivity contribution in [2.24, 2.45) is 0 Å². The smallest absolute Gasteiger partial charge is 0.253 e. The number of benzene rings is 3. The number of rotatable bonds is 6. The van der Waals surface area contributed by atoms with Gasteiger partial charge in [-0.15, -0.1) is 0 Å². The number of carbonyl (C=O) groups excluding carboxylic acids is 1. The quantitative estimate of drug-likeness (QED) is 0.440. The number of para-hydroxylation sites is 1. The van der Waals surface area contributed by atoms with E-state index in [4.69, 9.17) is 16.3 Å². The van der Waals surface area contributed by atoms with Crippen LogP contribution in [0.2, 0.25) is 5.02 Å². The number of hydrogen-bond acceptors (Lipinski definition) is 3. The number of ether oxygens (including phenoxy) is 1. The average molecular weight is 500 g/mol. The molecule has 0 atom stereocenters. The zero-order valence-corrected chi connectivity index (χ0v) is 19.5. The number of piperazine rings is 1. The molecular formula is C25H24BrClN2O2. The van der Waals surface area contributed by atoms with Gasteiger partial charge in [0.05, 0.1) is 4.47 Å². The molecule has 1 aliphatic rings. The van der Waals surface area contributed by atoms with Crippen molar-refractivity contribution in [1.82, 2.24) is 9.80 Å². The van der Waals surface area contributed by atoms with Gasteiger partial charge in [-0.3, -0.25) is 9.69 Å². The predicted octanol–water partition coefficient (Wildman–Crippen LogP) is 5.64. The van der Waals surface area contributed by atoms with E-state index in [1.165, 1.54) is 0 Å². The summed E-state index contributed by atoms with van der Waals surface area (Å²) in [5, 5.41) is 0.794. The van der Waals surface area contributed by atoms with Crippen LogP contribution < -0.4 is 4.74 Å². The molecule has 31 heavy (non-hydrogen) atoms. The third-order valence-corrected chi connectivity index (χ3v) is 6.44. The molecule has 3 aromatic carbocycles. The lowest BCUT2D eigenvalue weighted by Gasteiger charge is -2.35. The van der Waals surface area contributed by atoms with Crippen molar-refractivity contribution in [2.75, 3.05) is 26.2 Å². The fraction of sp³-hybridized carbons (Fsp3) is 0.240. The zero-order valence-electron chi connectivity index (χ0n) is 17.1. The Hall–Kier alpha value is -2.34. The van der Waals surface area contributed by atoms with Crippen molar-refractivity contribution in [3.05, 3.63) is 99.0 Å². The van der Waals surface area contributed by atoms with Gasteiger partial charge >= 0.3 is 0 Å². The zero-order chi connectivity index (χ0) is 21.6. The van der Waals surface area contributed by atoms with Crippen LogP contribution in [-0.4, -0.2) is 41.9 Å². The normalized spacial score (nSPS) is 14.5. The van der Waals surface area contributed by atoms with Gasteiger partial charge in [0.15, 0.2) is 0 Å². The third-order valence-electron chi connectivity index (χ3n) is 5.42. The molecule has 0 aromatic heterocycles. The van der Waals surface area contributed by atoms with E-state index in [0.29, 0.717) is 25.3 Å². The first-order valence-electron chi connectivity index (χ1n) is 10.3. The predicted molar refractivity (Wildman–Crippen MR) is 128 cm³/mol. The van der Waals surface area contributed by atoms with Gasteiger partial charge in [-0.05, 0) is 57.4 Å². The molecular weight excluding hydrogens is 476 g/mol. The van der Waals surface area contributed by atoms with Crippen LogP contribution in [0.1, 0.15) is 21.5 Å². The minimum Gasteiger partial charge on any atom is -0.488 e. The molecule has 0 spiro atoms. The lowest BCUT2D eigenvalue weighted by molar-refractivity contribution is 0.0628. The van der Waals surface area contributed by atoms with Crippen molar-refractivity contribution in [3.63, 3.8) is 0 Å². The summed E-state index contributed by atoms with van der Waals surface area (Å²) in [5.74, 6) is 0.856. The molecule has 0 aliphatic carbocycles. The molecule has 1 aliphatic heterocycles. The van der Waals surface area contributed by atoms with Crippen molar-refractivity contribution in [1.29, 1.82) is 0 Å². The molecule has 1 heterocycles. The molecule has 0 unspecified atom stereocenters. The van der Waals surface area contributed by atoms with E-state index >= 15 is 0 Å². The number of carbonyl (C=O) groups is 1. The van der Waals surface area contributed by atoms with Crippen LogP contribution in [0.25, 0.3) is 0 Å². The second-order valence-corrected chi connectivity index (χ2v) is 8.84. The van der Waals surface area contributed by atoms with Crippen molar-refractivity contribution in [2.45, 2.75) is 13.2 Å². The standard InChI is InChI=1S/C25H24BrClN2O2/c26-22-9-2-4-11-24(22)31-18-19-6-5-8-20(16-19)25(30)29-14-12-28(13-15-29)17-21-7-1-3-10-23(21)27/h1-11,16H,12-15,17-18H2. The number of nitrogens with zero attached hydrogens (tertiary/aromatic N) is 2. The van der Waals surface area contributed by atoms with Crippen LogP contribution in [-0.2, 0) is 13.2 Å². The Kier molecular flexibility index (Phi) is 7.28. The minimum absolute atomic E-state index is 0.0696. The highest BCUT2D eigenvalue weighted by Gasteiger charge is 2.22. The molecule has 0 radical (unpaired) electrons. The van der Waals surface area contributed by atoms with Crippen LogP contribution in [0.3, 0.4) is 0 Å². The summed E-state index contributed by atoms with van der Waals surface area (Å²) in [6.07, 6.45) is 0. The third kappa shape index (κ3) is 5.67. The van der Waals surface area contributed by atoms with Gasteiger partial charge in [0, 0.05) is 43.3 Å². The molecule has 4 rings (SSSR count). The summed E-state index contributed by atoms with van der Waals surface area (Å²) in [6, 6.07) is 23.4. The molecule has 160 valence electrons. The molecule has 0 N–H and O–H groups in total. The van der Waals surface area contributed by atoms with Gasteiger partial charge in [-0.1, -0.05) is 54.1 Å². The Morgan fingerprint density at radius 3 is 2.45 bits per heavy atom. The first-order valence-corrected chi connectivity index (χ1v) is 11.5. The molecule has 6 heteroatoms. The van der Waals surface area contributed by atoms with Gasteiger partial charge in [-0.25, -0.2) is 0 Å². The molecule has 1 amide bonds.